The van der Waals surface area contributed by atoms with Gasteiger partial charge in [-0.15, -0.1) is 0 Å². The number of nitro groups is 1. The summed E-state index contributed by atoms with van der Waals surface area (Å²) in [6, 6.07) is 4.04. The molecule has 0 spiro atoms. The molecule has 0 N–H and O–H groups in total. The Kier molecular flexibility index (Phi) is 4.41. The molecule has 104 valence electrons. The van der Waals surface area contributed by atoms with Crippen molar-refractivity contribution in [3.63, 3.8) is 0 Å². The lowest BCUT2D eigenvalue weighted by atomic mass is 9.91. The highest BCUT2D eigenvalue weighted by Crippen LogP contribution is 2.34. The molecule has 0 amide bonds. The average molecular weight is 285 g/mol. The van der Waals surface area contributed by atoms with E-state index in [2.05, 4.69) is 0 Å². The first kappa shape index (κ1) is 15.3. The topological polar surface area (TPSA) is 94.3 Å². The largest absolute Gasteiger partial charge is 0.299 e. The van der Waals surface area contributed by atoms with Crippen LogP contribution >= 0.6 is 0 Å². The molecule has 0 saturated heterocycles. The van der Waals surface area contributed by atoms with Crippen LogP contribution in [0.3, 0.4) is 0 Å². The van der Waals surface area contributed by atoms with Crippen LogP contribution in [0.1, 0.15) is 31.7 Å². The summed E-state index contributed by atoms with van der Waals surface area (Å²) < 4.78 is 23.2. The van der Waals surface area contributed by atoms with Gasteiger partial charge in [-0.1, -0.05) is 19.1 Å². The second kappa shape index (κ2) is 5.48. The van der Waals surface area contributed by atoms with Crippen molar-refractivity contribution in [3.8, 4) is 0 Å². The van der Waals surface area contributed by atoms with E-state index in [1.807, 2.05) is 0 Å². The van der Waals surface area contributed by atoms with E-state index in [0.717, 1.165) is 6.26 Å². The molecular formula is C12H15NO5S. The number of nitro benzene ring substituents is 1. The molecule has 0 saturated carbocycles. The maximum atomic E-state index is 11.6. The van der Waals surface area contributed by atoms with Gasteiger partial charge in [0.05, 0.1) is 4.92 Å². The summed E-state index contributed by atoms with van der Waals surface area (Å²) >= 11 is 0. The first-order chi connectivity index (χ1) is 8.70. The molecule has 0 aliphatic heterocycles. The van der Waals surface area contributed by atoms with Crippen molar-refractivity contribution in [2.75, 3.05) is 6.26 Å². The predicted molar refractivity (Wildman–Crippen MR) is 69.9 cm³/mol. The smallest absolute Gasteiger partial charge is 0.291 e. The highest BCUT2D eigenvalue weighted by atomic mass is 32.2. The van der Waals surface area contributed by atoms with Crippen LogP contribution in [0.25, 0.3) is 0 Å². The van der Waals surface area contributed by atoms with E-state index in [9.17, 15) is 23.3 Å². The van der Waals surface area contributed by atoms with Crippen LogP contribution < -0.4 is 0 Å². The predicted octanol–water partition coefficient (Wildman–Crippen LogP) is 2.08. The molecule has 1 aromatic rings. The van der Waals surface area contributed by atoms with Crippen LogP contribution in [-0.2, 0) is 14.6 Å². The molecule has 0 aliphatic rings. The summed E-state index contributed by atoms with van der Waals surface area (Å²) in [7, 11) is -3.72. The normalized spacial score (nSPS) is 13.0. The van der Waals surface area contributed by atoms with Gasteiger partial charge in [0, 0.05) is 17.7 Å². The fraction of sp³-hybridized carbons (Fsp3) is 0.417. The molecule has 1 rings (SSSR count). The number of ketones is 1. The average Bonchev–Trinajstić information content (AvgIpc) is 2.27. The maximum Gasteiger partial charge on any atom is 0.291 e. The zero-order chi connectivity index (χ0) is 14.8. The number of rotatable bonds is 5. The molecule has 0 aromatic heterocycles. The second-order valence-electron chi connectivity index (χ2n) is 4.29. The number of carbonyl (C=O) groups is 1. The third-order valence-corrected chi connectivity index (χ3v) is 4.02. The molecule has 1 atom stereocenters. The van der Waals surface area contributed by atoms with Crippen LogP contribution in [0.15, 0.2) is 23.1 Å². The summed E-state index contributed by atoms with van der Waals surface area (Å²) in [6.45, 7) is 3.06. The van der Waals surface area contributed by atoms with E-state index >= 15 is 0 Å². The fourth-order valence-electron chi connectivity index (χ4n) is 2.04. The Hall–Kier alpha value is -1.76. The third kappa shape index (κ3) is 3.17. The van der Waals surface area contributed by atoms with E-state index < -0.39 is 26.4 Å². The third-order valence-electron chi connectivity index (χ3n) is 2.89. The molecule has 0 aliphatic carbocycles. The number of Topliss-reactive ketones (excluding diaryl/α,β-unsaturated/α-hetero) is 1. The molecule has 7 heteroatoms. The number of hydrogen-bond acceptors (Lipinski definition) is 5. The fourth-order valence-corrected chi connectivity index (χ4v) is 2.91. The van der Waals surface area contributed by atoms with E-state index in [1.165, 1.54) is 25.1 Å². The minimum atomic E-state index is -3.72. The maximum absolute atomic E-state index is 11.6. The Labute approximate surface area is 111 Å². The summed E-state index contributed by atoms with van der Waals surface area (Å²) in [5.74, 6) is -0.890. The first-order valence-corrected chi connectivity index (χ1v) is 7.57. The van der Waals surface area contributed by atoms with Crippen molar-refractivity contribution in [1.29, 1.82) is 0 Å². The first-order valence-electron chi connectivity index (χ1n) is 5.68. The Morgan fingerprint density at radius 3 is 2.37 bits per heavy atom. The van der Waals surface area contributed by atoms with E-state index in [4.69, 9.17) is 0 Å². The van der Waals surface area contributed by atoms with Crippen LogP contribution in [0.4, 0.5) is 5.69 Å². The number of benzene rings is 1. The highest BCUT2D eigenvalue weighted by molar-refractivity contribution is 7.90. The molecule has 19 heavy (non-hydrogen) atoms. The number of nitrogens with zero attached hydrogens (tertiary/aromatic N) is 1. The number of sulfone groups is 1. The molecule has 1 unspecified atom stereocenters. The van der Waals surface area contributed by atoms with Crippen LogP contribution in [0.5, 0.6) is 0 Å². The van der Waals surface area contributed by atoms with Gasteiger partial charge in [0.25, 0.3) is 5.69 Å². The van der Waals surface area contributed by atoms with E-state index in [0.29, 0.717) is 6.42 Å². The standard InChI is InChI=1S/C12H15NO5S/c1-4-9(8(2)14)10-6-5-7-11(19(3,17)18)12(10)13(15)16/h5-7,9H,4H2,1-3H3. The number of carbonyl (C=O) groups excluding carboxylic acids is 1. The molecule has 0 bridgehead atoms. The lowest BCUT2D eigenvalue weighted by Gasteiger charge is -2.13. The van der Waals surface area contributed by atoms with Crippen LogP contribution in [-0.4, -0.2) is 25.4 Å². The lowest BCUT2D eigenvalue weighted by molar-refractivity contribution is -0.388. The second-order valence-corrected chi connectivity index (χ2v) is 6.28. The van der Waals surface area contributed by atoms with Crippen molar-refractivity contribution >= 4 is 21.3 Å². The van der Waals surface area contributed by atoms with Crippen molar-refractivity contribution in [3.05, 3.63) is 33.9 Å². The van der Waals surface area contributed by atoms with Gasteiger partial charge in [-0.3, -0.25) is 14.9 Å². The molecule has 1 aromatic carbocycles. The Bertz CT molecular complexity index is 621. The van der Waals surface area contributed by atoms with E-state index in [1.54, 1.807) is 6.92 Å². The van der Waals surface area contributed by atoms with Gasteiger partial charge >= 0.3 is 0 Å². The van der Waals surface area contributed by atoms with Gasteiger partial charge in [-0.05, 0) is 19.4 Å². The van der Waals surface area contributed by atoms with Crippen molar-refractivity contribution in [1.82, 2.24) is 0 Å². The Morgan fingerprint density at radius 2 is 2.00 bits per heavy atom. The van der Waals surface area contributed by atoms with Gasteiger partial charge in [-0.2, -0.15) is 0 Å². The highest BCUT2D eigenvalue weighted by Gasteiger charge is 2.30. The van der Waals surface area contributed by atoms with Crippen LogP contribution in [0, 0.1) is 10.1 Å². The zero-order valence-corrected chi connectivity index (χ0v) is 11.7. The summed E-state index contributed by atoms with van der Waals surface area (Å²) in [6.07, 6.45) is 1.29. The zero-order valence-electron chi connectivity index (χ0n) is 10.9. The van der Waals surface area contributed by atoms with Gasteiger partial charge < -0.3 is 0 Å². The number of hydrogen-bond donors (Lipinski definition) is 0. The molecule has 6 nitrogen and oxygen atoms in total. The monoisotopic (exact) mass is 285 g/mol. The van der Waals surface area contributed by atoms with Crippen LogP contribution in [0.2, 0.25) is 0 Å². The summed E-state index contributed by atoms with van der Waals surface area (Å²) in [5, 5.41) is 11.2. The van der Waals surface area contributed by atoms with Crippen molar-refractivity contribution < 1.29 is 18.1 Å². The minimum absolute atomic E-state index is 0.155. The number of para-hydroxylation sites is 1. The Morgan fingerprint density at radius 1 is 1.42 bits per heavy atom. The molecule has 0 heterocycles. The van der Waals surface area contributed by atoms with Crippen molar-refractivity contribution in [2.45, 2.75) is 31.1 Å². The quantitative estimate of drug-likeness (QED) is 0.609. The van der Waals surface area contributed by atoms with Gasteiger partial charge in [0.1, 0.15) is 10.7 Å². The van der Waals surface area contributed by atoms with Gasteiger partial charge in [0.15, 0.2) is 9.84 Å². The van der Waals surface area contributed by atoms with Gasteiger partial charge in [-0.25, -0.2) is 8.42 Å². The van der Waals surface area contributed by atoms with E-state index in [-0.39, 0.29) is 16.2 Å². The van der Waals surface area contributed by atoms with Crippen molar-refractivity contribution in [2.24, 2.45) is 0 Å². The molecule has 0 fully saturated rings. The molecular weight excluding hydrogens is 270 g/mol. The minimum Gasteiger partial charge on any atom is -0.299 e. The van der Waals surface area contributed by atoms with Gasteiger partial charge in [0.2, 0.25) is 0 Å². The SMILES string of the molecule is CCC(C(C)=O)c1cccc(S(C)(=O)=O)c1[N+](=O)[O-]. The molecule has 0 radical (unpaired) electrons. The summed E-state index contributed by atoms with van der Waals surface area (Å²) in [4.78, 5) is 21.6. The lowest BCUT2D eigenvalue weighted by Crippen LogP contribution is -2.13. The summed E-state index contributed by atoms with van der Waals surface area (Å²) in [5.41, 5.74) is -0.338. The Balaban J connectivity index is 3.67.